The third-order valence-electron chi connectivity index (χ3n) is 1.78. The fraction of sp³-hybridized carbons (Fsp3) is 0.250. The Morgan fingerprint density at radius 1 is 1.60 bits per heavy atom. The highest BCUT2D eigenvalue weighted by Gasteiger charge is 2.26. The van der Waals surface area contributed by atoms with E-state index in [1.54, 1.807) is 0 Å². The highest BCUT2D eigenvalue weighted by atomic mass is 79.9. The summed E-state index contributed by atoms with van der Waals surface area (Å²) >= 11 is 5.94. The van der Waals surface area contributed by atoms with Crippen LogP contribution >= 0.6 is 31.9 Å². The second-order valence-electron chi connectivity index (χ2n) is 2.85. The predicted octanol–water partition coefficient (Wildman–Crippen LogP) is 3.31. The summed E-state index contributed by atoms with van der Waals surface area (Å²) in [5.41, 5.74) is -0.419. The van der Waals surface area contributed by atoms with Crippen molar-refractivity contribution in [2.24, 2.45) is 0 Å². The van der Waals surface area contributed by atoms with Crippen LogP contribution in [0.15, 0.2) is 15.0 Å². The van der Waals surface area contributed by atoms with E-state index in [1.165, 1.54) is 6.92 Å². The van der Waals surface area contributed by atoms with Gasteiger partial charge in [-0.25, -0.2) is 0 Å². The number of aliphatic hydroxyl groups is 1. The topological polar surface area (TPSA) is 63.4 Å². The molecule has 1 aromatic rings. The Hall–Kier alpha value is -0.530. The van der Waals surface area contributed by atoms with Crippen LogP contribution in [0, 0.1) is 15.9 Å². The molecule has 1 N–H and O–H groups in total. The number of nitrogens with zero attached hydrogens (tertiary/aromatic N) is 1. The van der Waals surface area contributed by atoms with Crippen molar-refractivity contribution in [1.82, 2.24) is 0 Å². The molecular weight excluding hydrogens is 337 g/mol. The third-order valence-corrected chi connectivity index (χ3v) is 3.24. The van der Waals surface area contributed by atoms with Gasteiger partial charge in [0.2, 0.25) is 5.82 Å². The molecule has 0 fully saturated rings. The molecule has 0 radical (unpaired) electrons. The van der Waals surface area contributed by atoms with Gasteiger partial charge in [-0.3, -0.25) is 10.1 Å². The Morgan fingerprint density at radius 2 is 2.13 bits per heavy atom. The number of nitro groups is 1. The van der Waals surface area contributed by atoms with E-state index in [9.17, 15) is 19.6 Å². The maximum atomic E-state index is 13.2. The minimum absolute atomic E-state index is 0.0469. The van der Waals surface area contributed by atoms with Crippen LogP contribution in [0.3, 0.4) is 0 Å². The molecule has 0 aliphatic carbocycles. The van der Waals surface area contributed by atoms with Gasteiger partial charge in [-0.1, -0.05) is 15.9 Å². The molecule has 0 spiro atoms. The molecule has 0 aliphatic rings. The molecule has 15 heavy (non-hydrogen) atoms. The van der Waals surface area contributed by atoms with Crippen LogP contribution in [0.2, 0.25) is 0 Å². The van der Waals surface area contributed by atoms with Crippen molar-refractivity contribution in [2.45, 2.75) is 13.0 Å². The van der Waals surface area contributed by atoms with E-state index in [-0.39, 0.29) is 14.5 Å². The minimum Gasteiger partial charge on any atom is -0.389 e. The second kappa shape index (κ2) is 4.54. The molecule has 0 saturated heterocycles. The van der Waals surface area contributed by atoms with Crippen molar-refractivity contribution in [1.29, 1.82) is 0 Å². The molecule has 0 aromatic heterocycles. The molecular formula is C8H6Br2FNO3. The lowest BCUT2D eigenvalue weighted by atomic mass is 10.1. The largest absolute Gasteiger partial charge is 0.389 e. The number of nitro benzene ring substituents is 1. The van der Waals surface area contributed by atoms with Gasteiger partial charge in [-0.05, 0) is 28.9 Å². The molecule has 0 aliphatic heterocycles. The number of halogens is 3. The van der Waals surface area contributed by atoms with Gasteiger partial charge < -0.3 is 5.11 Å². The number of hydrogen-bond donors (Lipinski definition) is 1. The van der Waals surface area contributed by atoms with Crippen LogP contribution < -0.4 is 0 Å². The van der Waals surface area contributed by atoms with Gasteiger partial charge in [-0.15, -0.1) is 0 Å². The first kappa shape index (κ1) is 12.5. The van der Waals surface area contributed by atoms with Crippen molar-refractivity contribution in [3.05, 3.63) is 36.5 Å². The van der Waals surface area contributed by atoms with E-state index in [4.69, 9.17) is 0 Å². The van der Waals surface area contributed by atoms with Crippen LogP contribution in [0.25, 0.3) is 0 Å². The fourth-order valence-corrected chi connectivity index (χ4v) is 3.02. The molecule has 0 heterocycles. The van der Waals surface area contributed by atoms with E-state index in [0.717, 1.165) is 6.07 Å². The molecule has 0 amide bonds. The van der Waals surface area contributed by atoms with Gasteiger partial charge in [0.1, 0.15) is 4.47 Å². The van der Waals surface area contributed by atoms with Crippen molar-refractivity contribution in [2.75, 3.05) is 0 Å². The highest BCUT2D eigenvalue weighted by molar-refractivity contribution is 9.11. The van der Waals surface area contributed by atoms with E-state index in [0.29, 0.717) is 0 Å². The molecule has 7 heteroatoms. The first-order valence-corrected chi connectivity index (χ1v) is 5.44. The van der Waals surface area contributed by atoms with E-state index in [2.05, 4.69) is 31.9 Å². The summed E-state index contributed by atoms with van der Waals surface area (Å²) in [4.78, 5) is 9.73. The van der Waals surface area contributed by atoms with E-state index >= 15 is 0 Å². The van der Waals surface area contributed by atoms with Crippen LogP contribution in [0.4, 0.5) is 10.1 Å². The third kappa shape index (κ3) is 2.35. The Bertz CT molecular complexity index is 423. The molecule has 0 bridgehead atoms. The number of benzene rings is 1. The van der Waals surface area contributed by atoms with Crippen molar-refractivity contribution < 1.29 is 14.4 Å². The molecule has 1 atom stereocenters. The first-order chi connectivity index (χ1) is 6.86. The summed E-state index contributed by atoms with van der Waals surface area (Å²) in [6.45, 7) is 1.44. The maximum Gasteiger partial charge on any atom is 0.319 e. The first-order valence-electron chi connectivity index (χ1n) is 3.86. The van der Waals surface area contributed by atoms with Crippen LogP contribution in [0.5, 0.6) is 0 Å². The Kier molecular flexibility index (Phi) is 3.80. The molecule has 1 unspecified atom stereocenters. The molecule has 82 valence electrons. The van der Waals surface area contributed by atoms with Crippen molar-refractivity contribution >= 4 is 37.5 Å². The Labute approximate surface area is 102 Å². The van der Waals surface area contributed by atoms with Gasteiger partial charge >= 0.3 is 5.69 Å². The average molecular weight is 343 g/mol. The maximum absolute atomic E-state index is 13.2. The average Bonchev–Trinajstić information content (AvgIpc) is 1.99. The smallest absolute Gasteiger partial charge is 0.319 e. The quantitative estimate of drug-likeness (QED) is 0.662. The zero-order valence-electron chi connectivity index (χ0n) is 7.50. The normalized spacial score (nSPS) is 12.6. The summed E-state index contributed by atoms with van der Waals surface area (Å²) in [6, 6.07) is 0.963. The van der Waals surface area contributed by atoms with Crippen molar-refractivity contribution in [3.63, 3.8) is 0 Å². The lowest BCUT2D eigenvalue weighted by molar-refractivity contribution is -0.388. The summed E-state index contributed by atoms with van der Waals surface area (Å²) < 4.78 is 13.5. The summed E-state index contributed by atoms with van der Waals surface area (Å²) in [5, 5.41) is 19.9. The minimum atomic E-state index is -0.955. The Balaban J connectivity index is 3.56. The van der Waals surface area contributed by atoms with Gasteiger partial charge in [0.15, 0.2) is 0 Å². The lowest BCUT2D eigenvalue weighted by Gasteiger charge is -2.10. The van der Waals surface area contributed by atoms with Gasteiger partial charge in [0.25, 0.3) is 0 Å². The van der Waals surface area contributed by atoms with E-state index < -0.39 is 22.5 Å². The molecule has 4 nitrogen and oxygen atoms in total. The lowest BCUT2D eigenvalue weighted by Crippen LogP contribution is -2.01. The van der Waals surface area contributed by atoms with Crippen LogP contribution in [0.1, 0.15) is 18.6 Å². The zero-order chi connectivity index (χ0) is 11.7. The summed E-state index contributed by atoms with van der Waals surface area (Å²) in [5.74, 6) is -0.955. The summed E-state index contributed by atoms with van der Waals surface area (Å²) in [7, 11) is 0. The monoisotopic (exact) mass is 341 g/mol. The van der Waals surface area contributed by atoms with Gasteiger partial charge in [0, 0.05) is 10.0 Å². The van der Waals surface area contributed by atoms with E-state index in [1.807, 2.05) is 0 Å². The van der Waals surface area contributed by atoms with Crippen LogP contribution in [-0.4, -0.2) is 10.0 Å². The molecule has 1 aromatic carbocycles. The highest BCUT2D eigenvalue weighted by Crippen LogP contribution is 2.39. The number of aliphatic hydroxyl groups excluding tert-OH is 1. The standard InChI is InChI=1S/C8H6Br2FNO3/c1-3(13)6-4(9)2-5(11)8(7(6)10)12(14)15/h2-3,13H,1H3. The second-order valence-corrected chi connectivity index (χ2v) is 4.50. The Morgan fingerprint density at radius 3 is 2.53 bits per heavy atom. The van der Waals surface area contributed by atoms with Crippen LogP contribution in [-0.2, 0) is 0 Å². The molecule has 0 saturated carbocycles. The number of rotatable bonds is 2. The fourth-order valence-electron chi connectivity index (χ4n) is 1.14. The number of hydrogen-bond acceptors (Lipinski definition) is 3. The van der Waals surface area contributed by atoms with Gasteiger partial charge in [-0.2, -0.15) is 4.39 Å². The summed E-state index contributed by atoms with van der Waals surface area (Å²) in [6.07, 6.45) is -0.937. The van der Waals surface area contributed by atoms with Gasteiger partial charge in [0.05, 0.1) is 11.0 Å². The zero-order valence-corrected chi connectivity index (χ0v) is 10.7. The van der Waals surface area contributed by atoms with Crippen molar-refractivity contribution in [3.8, 4) is 0 Å². The SMILES string of the molecule is CC(O)c1c(Br)cc(F)c([N+](=O)[O-])c1Br. The molecule has 1 rings (SSSR count). The predicted molar refractivity (Wildman–Crippen MR) is 59.1 cm³/mol.